The summed E-state index contributed by atoms with van der Waals surface area (Å²) in [5.41, 5.74) is 0. The minimum Gasteiger partial charge on any atom is -0.472 e. The Labute approximate surface area is 139 Å². The summed E-state index contributed by atoms with van der Waals surface area (Å²) < 4.78 is 12.1. The van der Waals surface area contributed by atoms with Crippen molar-refractivity contribution in [3.05, 3.63) is 12.4 Å². The van der Waals surface area contributed by atoms with Crippen LogP contribution in [0.3, 0.4) is 0 Å². The van der Waals surface area contributed by atoms with Crippen LogP contribution in [0.15, 0.2) is 12.4 Å². The third-order valence-electron chi connectivity index (χ3n) is 4.67. The van der Waals surface area contributed by atoms with Crippen molar-refractivity contribution in [2.45, 2.75) is 77.1 Å². The van der Waals surface area contributed by atoms with E-state index in [1.807, 2.05) is 13.8 Å². The number of piperidine rings is 1. The second-order valence-electron chi connectivity index (χ2n) is 6.93. The maximum Gasteiger partial charge on any atom is 0.257 e. The van der Waals surface area contributed by atoms with Crippen LogP contribution in [-0.2, 0) is 4.74 Å². The van der Waals surface area contributed by atoms with Gasteiger partial charge in [-0.2, -0.15) is 0 Å². The predicted octanol–water partition coefficient (Wildman–Crippen LogP) is 3.58. The van der Waals surface area contributed by atoms with E-state index in [4.69, 9.17) is 9.47 Å². The fraction of sp³-hybridized carbons (Fsp3) is 0.778. The highest BCUT2D eigenvalue weighted by molar-refractivity contribution is 5.48. The quantitative estimate of drug-likeness (QED) is 0.830. The molecule has 2 aliphatic rings. The van der Waals surface area contributed by atoms with E-state index in [2.05, 4.69) is 14.9 Å². The maximum atomic E-state index is 6.32. The Morgan fingerprint density at radius 2 is 1.61 bits per heavy atom. The van der Waals surface area contributed by atoms with Crippen LogP contribution < -0.4 is 9.64 Å². The lowest BCUT2D eigenvalue weighted by Crippen LogP contribution is -2.39. The minimum atomic E-state index is 0.109. The summed E-state index contributed by atoms with van der Waals surface area (Å²) >= 11 is 0. The molecule has 3 rings (SSSR count). The highest BCUT2D eigenvalue weighted by Gasteiger charge is 2.26. The van der Waals surface area contributed by atoms with Gasteiger partial charge in [0, 0.05) is 25.5 Å². The molecule has 5 nitrogen and oxygen atoms in total. The molecule has 0 N–H and O–H groups in total. The van der Waals surface area contributed by atoms with Gasteiger partial charge in [0.25, 0.3) is 5.88 Å². The molecule has 0 bridgehead atoms. The molecule has 0 unspecified atom stereocenters. The molecule has 1 saturated carbocycles. The molecule has 1 aliphatic carbocycles. The molecule has 1 aromatic rings. The normalized spacial score (nSPS) is 20.9. The van der Waals surface area contributed by atoms with Gasteiger partial charge in [-0.3, -0.25) is 0 Å². The van der Waals surface area contributed by atoms with Crippen LogP contribution in [0, 0.1) is 0 Å². The number of nitrogens with zero attached hydrogens (tertiary/aromatic N) is 3. The molecule has 5 heteroatoms. The zero-order chi connectivity index (χ0) is 16.1. The summed E-state index contributed by atoms with van der Waals surface area (Å²) in [6, 6.07) is 0. The molecule has 23 heavy (non-hydrogen) atoms. The summed E-state index contributed by atoms with van der Waals surface area (Å²) in [6.45, 7) is 5.96. The average Bonchev–Trinajstić information content (AvgIpc) is 2.57. The van der Waals surface area contributed by atoms with Gasteiger partial charge in [-0.05, 0) is 39.5 Å². The van der Waals surface area contributed by atoms with Gasteiger partial charge in [0.1, 0.15) is 0 Å². The van der Waals surface area contributed by atoms with E-state index in [0.29, 0.717) is 18.1 Å². The van der Waals surface area contributed by atoms with Crippen LogP contribution >= 0.6 is 0 Å². The molecule has 0 radical (unpaired) electrons. The lowest BCUT2D eigenvalue weighted by Gasteiger charge is -2.35. The molecule has 1 aromatic heterocycles. The molecule has 0 aromatic carbocycles. The molecular formula is C18H29N3O2. The first-order chi connectivity index (χ1) is 11.2. The summed E-state index contributed by atoms with van der Waals surface area (Å²) in [4.78, 5) is 11.1. The first-order valence-electron chi connectivity index (χ1n) is 9.10. The van der Waals surface area contributed by atoms with Crippen molar-refractivity contribution >= 4 is 5.82 Å². The number of ether oxygens (including phenoxy) is 2. The SMILES string of the molecule is CC(C)Oc1nccnc1N1CCC(OC2CCCCC2)CC1. The van der Waals surface area contributed by atoms with Crippen molar-refractivity contribution in [1.82, 2.24) is 9.97 Å². The number of rotatable bonds is 5. The Hall–Kier alpha value is -1.36. The molecule has 0 atom stereocenters. The summed E-state index contributed by atoms with van der Waals surface area (Å²) in [6.07, 6.45) is 13.1. The molecule has 2 heterocycles. The van der Waals surface area contributed by atoms with Gasteiger partial charge in [0.2, 0.25) is 0 Å². The van der Waals surface area contributed by atoms with Crippen LogP contribution in [0.2, 0.25) is 0 Å². The first kappa shape index (κ1) is 16.5. The number of hydrogen-bond acceptors (Lipinski definition) is 5. The van der Waals surface area contributed by atoms with Crippen LogP contribution in [-0.4, -0.2) is 41.4 Å². The van der Waals surface area contributed by atoms with Crippen molar-refractivity contribution in [3.63, 3.8) is 0 Å². The Balaban J connectivity index is 1.54. The highest BCUT2D eigenvalue weighted by atomic mass is 16.5. The van der Waals surface area contributed by atoms with Crippen LogP contribution in [0.5, 0.6) is 5.88 Å². The summed E-state index contributed by atoms with van der Waals surface area (Å²) in [5.74, 6) is 1.52. The van der Waals surface area contributed by atoms with E-state index in [9.17, 15) is 0 Å². The standard InChI is InChI=1S/C18H29N3O2/c1-14(2)22-18-17(19-10-11-20-18)21-12-8-16(9-13-21)23-15-6-4-3-5-7-15/h10-11,14-16H,3-9,12-13H2,1-2H3. The maximum absolute atomic E-state index is 6.32. The molecule has 1 aliphatic heterocycles. The van der Waals surface area contributed by atoms with Gasteiger partial charge in [-0.1, -0.05) is 19.3 Å². The number of hydrogen-bond donors (Lipinski definition) is 0. The molecule has 0 spiro atoms. The number of anilines is 1. The van der Waals surface area contributed by atoms with Gasteiger partial charge < -0.3 is 14.4 Å². The van der Waals surface area contributed by atoms with Crippen LogP contribution in [0.4, 0.5) is 5.82 Å². The third kappa shape index (κ3) is 4.56. The summed E-state index contributed by atoms with van der Waals surface area (Å²) in [7, 11) is 0. The fourth-order valence-electron chi connectivity index (χ4n) is 3.52. The second-order valence-corrected chi connectivity index (χ2v) is 6.93. The Morgan fingerprint density at radius 3 is 2.30 bits per heavy atom. The van der Waals surface area contributed by atoms with Crippen LogP contribution in [0.25, 0.3) is 0 Å². The molecular weight excluding hydrogens is 290 g/mol. The Morgan fingerprint density at radius 1 is 0.957 bits per heavy atom. The zero-order valence-corrected chi connectivity index (χ0v) is 14.4. The van der Waals surface area contributed by atoms with Gasteiger partial charge >= 0.3 is 0 Å². The monoisotopic (exact) mass is 319 g/mol. The molecule has 128 valence electrons. The van der Waals surface area contributed by atoms with Crippen molar-refractivity contribution in [2.24, 2.45) is 0 Å². The Kier molecular flexibility index (Phi) is 5.70. The Bertz CT molecular complexity index is 481. The summed E-state index contributed by atoms with van der Waals surface area (Å²) in [5, 5.41) is 0. The zero-order valence-electron chi connectivity index (χ0n) is 14.4. The predicted molar refractivity (Wildman–Crippen MR) is 91.0 cm³/mol. The van der Waals surface area contributed by atoms with E-state index in [-0.39, 0.29) is 6.10 Å². The van der Waals surface area contributed by atoms with Gasteiger partial charge in [-0.15, -0.1) is 0 Å². The number of aromatic nitrogens is 2. The van der Waals surface area contributed by atoms with Crippen molar-refractivity contribution in [3.8, 4) is 5.88 Å². The third-order valence-corrected chi connectivity index (χ3v) is 4.67. The lowest BCUT2D eigenvalue weighted by atomic mass is 9.97. The van der Waals surface area contributed by atoms with Crippen LogP contribution in [0.1, 0.15) is 58.8 Å². The highest BCUT2D eigenvalue weighted by Crippen LogP contribution is 2.29. The van der Waals surface area contributed by atoms with Crippen molar-refractivity contribution in [1.29, 1.82) is 0 Å². The van der Waals surface area contributed by atoms with Gasteiger partial charge in [0.15, 0.2) is 5.82 Å². The van der Waals surface area contributed by atoms with Crippen molar-refractivity contribution in [2.75, 3.05) is 18.0 Å². The van der Waals surface area contributed by atoms with E-state index >= 15 is 0 Å². The van der Waals surface area contributed by atoms with E-state index in [1.54, 1.807) is 12.4 Å². The van der Waals surface area contributed by atoms with E-state index in [1.165, 1.54) is 32.1 Å². The van der Waals surface area contributed by atoms with Crippen molar-refractivity contribution < 1.29 is 9.47 Å². The second kappa shape index (κ2) is 7.95. The van der Waals surface area contributed by atoms with Gasteiger partial charge in [0.05, 0.1) is 18.3 Å². The molecule has 0 amide bonds. The minimum absolute atomic E-state index is 0.109. The van der Waals surface area contributed by atoms with E-state index < -0.39 is 0 Å². The molecule has 1 saturated heterocycles. The first-order valence-corrected chi connectivity index (χ1v) is 9.10. The molecule has 2 fully saturated rings. The van der Waals surface area contributed by atoms with Gasteiger partial charge in [-0.25, -0.2) is 9.97 Å². The average molecular weight is 319 g/mol. The lowest BCUT2D eigenvalue weighted by molar-refractivity contribution is -0.0396. The van der Waals surface area contributed by atoms with E-state index in [0.717, 1.165) is 31.7 Å². The fourth-order valence-corrected chi connectivity index (χ4v) is 3.52. The largest absolute Gasteiger partial charge is 0.472 e. The topological polar surface area (TPSA) is 47.5 Å². The smallest absolute Gasteiger partial charge is 0.257 e.